The summed E-state index contributed by atoms with van der Waals surface area (Å²) in [5.41, 5.74) is 2.14. The Labute approximate surface area is 169 Å². The Morgan fingerprint density at radius 1 is 1.10 bits per heavy atom. The summed E-state index contributed by atoms with van der Waals surface area (Å²) in [6.07, 6.45) is 0.297. The maximum atomic E-state index is 12.5. The molecule has 3 aromatic rings. The summed E-state index contributed by atoms with van der Waals surface area (Å²) in [6, 6.07) is 14.7. The molecule has 3 rings (SSSR count). The van der Waals surface area contributed by atoms with E-state index in [1.54, 1.807) is 18.2 Å². The quantitative estimate of drug-likeness (QED) is 0.593. The Morgan fingerprint density at radius 3 is 2.59 bits per heavy atom. The summed E-state index contributed by atoms with van der Waals surface area (Å²) >= 11 is 0. The third kappa shape index (κ3) is 4.93. The van der Waals surface area contributed by atoms with E-state index in [9.17, 15) is 9.59 Å². The lowest BCUT2D eigenvalue weighted by Crippen LogP contribution is -2.27. The van der Waals surface area contributed by atoms with E-state index in [0.29, 0.717) is 30.1 Å². The van der Waals surface area contributed by atoms with Crippen molar-refractivity contribution in [3.8, 4) is 5.75 Å². The molecule has 0 saturated heterocycles. The highest BCUT2D eigenvalue weighted by atomic mass is 16.5. The fraction of sp³-hybridized carbons (Fsp3) is 0.318. The minimum atomic E-state index is -0.317. The summed E-state index contributed by atoms with van der Waals surface area (Å²) in [5, 5.41) is 2.89. The van der Waals surface area contributed by atoms with Crippen molar-refractivity contribution >= 4 is 22.9 Å². The first-order valence-electron chi connectivity index (χ1n) is 9.54. The number of methoxy groups -OCH3 is 1. The van der Waals surface area contributed by atoms with Gasteiger partial charge in [0.05, 0.1) is 29.8 Å². The van der Waals surface area contributed by atoms with E-state index in [1.807, 2.05) is 48.7 Å². The summed E-state index contributed by atoms with van der Waals surface area (Å²) < 4.78 is 12.4. The number of esters is 1. The van der Waals surface area contributed by atoms with Gasteiger partial charge in [0.2, 0.25) is 0 Å². The van der Waals surface area contributed by atoms with Crippen molar-refractivity contribution in [1.29, 1.82) is 0 Å². The topological polar surface area (TPSA) is 82.5 Å². The Bertz CT molecular complexity index is 1010. The van der Waals surface area contributed by atoms with Gasteiger partial charge in [-0.05, 0) is 38.1 Å². The van der Waals surface area contributed by atoms with Gasteiger partial charge in [0.25, 0.3) is 5.91 Å². The van der Waals surface area contributed by atoms with Crippen LogP contribution in [-0.4, -0.2) is 41.2 Å². The number of nitrogens with zero attached hydrogens (tertiary/aromatic N) is 2. The van der Waals surface area contributed by atoms with Gasteiger partial charge in [-0.25, -0.2) is 4.98 Å². The molecule has 0 atom stereocenters. The zero-order valence-electron chi connectivity index (χ0n) is 16.8. The van der Waals surface area contributed by atoms with Crippen LogP contribution in [0.1, 0.15) is 30.0 Å². The number of aromatic nitrogens is 2. The number of ether oxygens (including phenoxy) is 2. The summed E-state index contributed by atoms with van der Waals surface area (Å²) in [7, 11) is 1.53. The molecule has 29 heavy (non-hydrogen) atoms. The monoisotopic (exact) mass is 395 g/mol. The number of benzene rings is 2. The molecule has 0 unspecified atom stereocenters. The van der Waals surface area contributed by atoms with Crippen molar-refractivity contribution in [2.75, 3.05) is 13.7 Å². The first-order chi connectivity index (χ1) is 14.0. The number of hydrogen-bond donors (Lipinski definition) is 1. The van der Waals surface area contributed by atoms with Crippen molar-refractivity contribution in [3.05, 3.63) is 59.9 Å². The molecule has 0 radical (unpaired) electrons. The van der Waals surface area contributed by atoms with Gasteiger partial charge < -0.3 is 19.4 Å². The number of fused-ring (bicyclic) bond motifs is 1. The number of nitrogens with one attached hydrogen (secondary N) is 1. The fourth-order valence-corrected chi connectivity index (χ4v) is 3.14. The number of carbonyl (C=O) groups is 2. The van der Waals surface area contributed by atoms with Crippen molar-refractivity contribution < 1.29 is 19.1 Å². The first kappa shape index (κ1) is 20.4. The molecular weight excluding hydrogens is 370 g/mol. The van der Waals surface area contributed by atoms with E-state index in [4.69, 9.17) is 9.47 Å². The van der Waals surface area contributed by atoms with Crippen LogP contribution in [0.25, 0.3) is 11.0 Å². The van der Waals surface area contributed by atoms with E-state index in [1.165, 1.54) is 7.11 Å². The molecule has 152 valence electrons. The standard InChI is InChI=1S/C22H25N3O4/c1-15(2)29-21(26)14-25-18-10-6-5-9-17(18)24-20(25)12-13-23-22(27)16-8-4-7-11-19(16)28-3/h4-11,15H,12-14H2,1-3H3,(H,23,27). The first-order valence-corrected chi connectivity index (χ1v) is 9.54. The Kier molecular flexibility index (Phi) is 6.49. The lowest BCUT2D eigenvalue weighted by Gasteiger charge is -2.12. The Hall–Kier alpha value is -3.35. The molecule has 1 amide bonds. The van der Waals surface area contributed by atoms with Crippen molar-refractivity contribution in [1.82, 2.24) is 14.9 Å². The van der Waals surface area contributed by atoms with Gasteiger partial charge in [-0.2, -0.15) is 0 Å². The van der Waals surface area contributed by atoms with Crippen molar-refractivity contribution in [2.24, 2.45) is 0 Å². The molecule has 0 fully saturated rings. The third-order valence-electron chi connectivity index (χ3n) is 4.37. The molecular formula is C22H25N3O4. The highest BCUT2D eigenvalue weighted by Crippen LogP contribution is 2.18. The maximum absolute atomic E-state index is 12.5. The minimum absolute atomic E-state index is 0.0779. The largest absolute Gasteiger partial charge is 0.496 e. The van der Waals surface area contributed by atoms with Crippen molar-refractivity contribution in [3.63, 3.8) is 0 Å². The summed E-state index contributed by atoms with van der Waals surface area (Å²) in [5.74, 6) is 0.702. The number of imidazole rings is 1. The van der Waals surface area contributed by atoms with Gasteiger partial charge in [-0.1, -0.05) is 24.3 Å². The molecule has 0 spiro atoms. The van der Waals surface area contributed by atoms with Crippen LogP contribution in [0.4, 0.5) is 0 Å². The highest BCUT2D eigenvalue weighted by Gasteiger charge is 2.16. The van der Waals surface area contributed by atoms with Crippen LogP contribution in [0, 0.1) is 0 Å². The normalized spacial score (nSPS) is 10.9. The van der Waals surface area contributed by atoms with Gasteiger partial charge in [0.1, 0.15) is 18.1 Å². The molecule has 0 aliphatic rings. The van der Waals surface area contributed by atoms with Gasteiger partial charge >= 0.3 is 5.97 Å². The third-order valence-corrected chi connectivity index (χ3v) is 4.37. The molecule has 0 saturated carbocycles. The van der Waals surface area contributed by atoms with Crippen LogP contribution in [0.2, 0.25) is 0 Å². The molecule has 7 nitrogen and oxygen atoms in total. The SMILES string of the molecule is COc1ccccc1C(=O)NCCc1nc2ccccc2n1CC(=O)OC(C)C. The average molecular weight is 395 g/mol. The lowest BCUT2D eigenvalue weighted by atomic mass is 10.2. The average Bonchev–Trinajstić information content (AvgIpc) is 3.04. The predicted molar refractivity (Wildman–Crippen MR) is 110 cm³/mol. The van der Waals surface area contributed by atoms with E-state index in [0.717, 1.165) is 11.0 Å². The number of para-hydroxylation sites is 3. The van der Waals surface area contributed by atoms with E-state index in [-0.39, 0.29) is 24.5 Å². The second-order valence-electron chi connectivity index (χ2n) is 6.85. The minimum Gasteiger partial charge on any atom is -0.496 e. The van der Waals surface area contributed by atoms with Gasteiger partial charge in [-0.3, -0.25) is 9.59 Å². The second-order valence-corrected chi connectivity index (χ2v) is 6.85. The van der Waals surface area contributed by atoms with Crippen LogP contribution >= 0.6 is 0 Å². The molecule has 1 N–H and O–H groups in total. The van der Waals surface area contributed by atoms with Gasteiger partial charge in [0, 0.05) is 13.0 Å². The highest BCUT2D eigenvalue weighted by molar-refractivity contribution is 5.96. The summed E-state index contributed by atoms with van der Waals surface area (Å²) in [4.78, 5) is 29.3. The number of carbonyl (C=O) groups excluding carboxylic acids is 2. The Morgan fingerprint density at radius 2 is 1.83 bits per heavy atom. The predicted octanol–water partition coefficient (Wildman–Crippen LogP) is 2.97. The van der Waals surface area contributed by atoms with Gasteiger partial charge in [-0.15, -0.1) is 0 Å². The van der Waals surface area contributed by atoms with Crippen LogP contribution in [0.15, 0.2) is 48.5 Å². The molecule has 7 heteroatoms. The van der Waals surface area contributed by atoms with Crippen molar-refractivity contribution in [2.45, 2.75) is 32.9 Å². The molecule has 0 aliphatic carbocycles. The number of hydrogen-bond acceptors (Lipinski definition) is 5. The molecule has 2 aromatic carbocycles. The Balaban J connectivity index is 1.73. The molecule has 1 heterocycles. The smallest absolute Gasteiger partial charge is 0.326 e. The number of rotatable bonds is 8. The maximum Gasteiger partial charge on any atom is 0.326 e. The molecule has 1 aromatic heterocycles. The summed E-state index contributed by atoms with van der Waals surface area (Å²) in [6.45, 7) is 4.09. The van der Waals surface area contributed by atoms with Crippen LogP contribution in [-0.2, 0) is 22.5 Å². The van der Waals surface area contributed by atoms with Crippen LogP contribution in [0.5, 0.6) is 5.75 Å². The zero-order valence-corrected chi connectivity index (χ0v) is 16.8. The van der Waals surface area contributed by atoms with E-state index < -0.39 is 0 Å². The molecule has 0 aliphatic heterocycles. The zero-order chi connectivity index (χ0) is 20.8. The van der Waals surface area contributed by atoms with Gasteiger partial charge in [0.15, 0.2) is 0 Å². The second kappa shape index (κ2) is 9.23. The van der Waals surface area contributed by atoms with E-state index >= 15 is 0 Å². The lowest BCUT2D eigenvalue weighted by molar-refractivity contribution is -0.148. The van der Waals surface area contributed by atoms with Crippen LogP contribution < -0.4 is 10.1 Å². The molecule has 0 bridgehead atoms. The van der Waals surface area contributed by atoms with Crippen LogP contribution in [0.3, 0.4) is 0 Å². The fourth-order valence-electron chi connectivity index (χ4n) is 3.14. The number of amides is 1. The van der Waals surface area contributed by atoms with E-state index in [2.05, 4.69) is 10.3 Å².